The lowest BCUT2D eigenvalue weighted by molar-refractivity contribution is 1.51. The van der Waals surface area contributed by atoms with E-state index in [2.05, 4.69) is 73.7 Å². The fourth-order valence-corrected chi connectivity index (χ4v) is 4.78. The Kier molecular flexibility index (Phi) is 2.39. The van der Waals surface area contributed by atoms with Crippen molar-refractivity contribution in [3.05, 3.63) is 72.3 Å². The molecule has 0 unspecified atom stereocenters. The van der Waals surface area contributed by atoms with Crippen molar-refractivity contribution in [1.29, 1.82) is 0 Å². The minimum atomic E-state index is 1.32. The molecule has 22 heavy (non-hydrogen) atoms. The number of benzene rings is 4. The predicted octanol–water partition coefficient (Wildman–Crippen LogP) is 6.67. The second-order valence-corrected chi connectivity index (χ2v) is 6.95. The predicted molar refractivity (Wildman–Crippen MR) is 99.1 cm³/mol. The molecule has 0 fully saturated rings. The minimum Gasteiger partial charge on any atom is -0.134 e. The van der Waals surface area contributed by atoms with E-state index in [-0.39, 0.29) is 0 Å². The van der Waals surface area contributed by atoms with Crippen LogP contribution in [-0.2, 0) is 0 Å². The van der Waals surface area contributed by atoms with Crippen LogP contribution in [-0.4, -0.2) is 0 Å². The van der Waals surface area contributed by atoms with Gasteiger partial charge in [0, 0.05) is 20.2 Å². The molecule has 4 aromatic carbocycles. The summed E-state index contributed by atoms with van der Waals surface area (Å²) in [6, 6.07) is 24.5. The highest BCUT2D eigenvalue weighted by atomic mass is 32.1. The van der Waals surface area contributed by atoms with Gasteiger partial charge in [-0.2, -0.15) is 0 Å². The molecule has 0 aliphatic rings. The molecule has 0 bridgehead atoms. The molecule has 5 aromatic rings. The molecule has 104 valence electrons. The van der Waals surface area contributed by atoms with Crippen LogP contribution in [0.1, 0.15) is 5.56 Å². The van der Waals surface area contributed by atoms with Gasteiger partial charge < -0.3 is 0 Å². The highest BCUT2D eigenvalue weighted by Gasteiger charge is 2.10. The first-order chi connectivity index (χ1) is 10.8. The number of hydrogen-bond acceptors (Lipinski definition) is 1. The lowest BCUT2D eigenvalue weighted by Gasteiger charge is -2.01. The SMILES string of the molecule is Cc1ccc2c(ccc3c4ccc5ccccc5c4sc23)c1. The number of thiophene rings is 1. The Morgan fingerprint density at radius 1 is 0.591 bits per heavy atom. The number of hydrogen-bond donors (Lipinski definition) is 0. The highest BCUT2D eigenvalue weighted by molar-refractivity contribution is 7.27. The van der Waals surface area contributed by atoms with Crippen molar-refractivity contribution in [1.82, 2.24) is 0 Å². The van der Waals surface area contributed by atoms with Crippen LogP contribution in [0.3, 0.4) is 0 Å². The average molecular weight is 298 g/mol. The van der Waals surface area contributed by atoms with Crippen molar-refractivity contribution in [3.63, 3.8) is 0 Å². The van der Waals surface area contributed by atoms with E-state index < -0.39 is 0 Å². The van der Waals surface area contributed by atoms with E-state index in [1.807, 2.05) is 11.3 Å². The molecular weight excluding hydrogens is 284 g/mol. The summed E-state index contributed by atoms with van der Waals surface area (Å²) in [5.41, 5.74) is 1.32. The quantitative estimate of drug-likeness (QED) is 0.299. The zero-order valence-corrected chi connectivity index (χ0v) is 13.1. The summed E-state index contributed by atoms with van der Waals surface area (Å²) < 4.78 is 2.81. The molecule has 1 aromatic heterocycles. The van der Waals surface area contributed by atoms with Gasteiger partial charge in [0.25, 0.3) is 0 Å². The van der Waals surface area contributed by atoms with Crippen molar-refractivity contribution in [2.75, 3.05) is 0 Å². The van der Waals surface area contributed by atoms with E-state index in [4.69, 9.17) is 0 Å². The zero-order chi connectivity index (χ0) is 14.7. The summed E-state index contributed by atoms with van der Waals surface area (Å²) in [7, 11) is 0. The van der Waals surface area contributed by atoms with Crippen LogP contribution in [0, 0.1) is 6.92 Å². The van der Waals surface area contributed by atoms with E-state index in [1.54, 1.807) is 0 Å². The molecule has 0 saturated carbocycles. The van der Waals surface area contributed by atoms with Gasteiger partial charge in [-0.15, -0.1) is 11.3 Å². The Bertz CT molecular complexity index is 1180. The molecule has 1 heterocycles. The zero-order valence-electron chi connectivity index (χ0n) is 12.3. The maximum absolute atomic E-state index is 2.28. The van der Waals surface area contributed by atoms with E-state index >= 15 is 0 Å². The number of aryl methyl sites for hydroxylation is 1. The minimum absolute atomic E-state index is 1.32. The van der Waals surface area contributed by atoms with Gasteiger partial charge in [0.1, 0.15) is 0 Å². The Labute approximate surface area is 132 Å². The molecule has 0 aliphatic carbocycles. The summed E-state index contributed by atoms with van der Waals surface area (Å²) >= 11 is 1.93. The first-order valence-electron chi connectivity index (χ1n) is 7.54. The Morgan fingerprint density at radius 2 is 1.23 bits per heavy atom. The van der Waals surface area contributed by atoms with Gasteiger partial charge in [0.2, 0.25) is 0 Å². The third-order valence-electron chi connectivity index (χ3n) is 4.50. The molecule has 0 spiro atoms. The van der Waals surface area contributed by atoms with Crippen LogP contribution in [0.25, 0.3) is 41.7 Å². The Hall–Kier alpha value is -2.38. The van der Waals surface area contributed by atoms with Crippen LogP contribution in [0.15, 0.2) is 66.7 Å². The second-order valence-electron chi connectivity index (χ2n) is 5.93. The molecule has 0 radical (unpaired) electrons. The summed E-state index contributed by atoms with van der Waals surface area (Å²) in [6.45, 7) is 2.15. The van der Waals surface area contributed by atoms with Crippen molar-refractivity contribution in [2.45, 2.75) is 6.92 Å². The molecule has 1 heteroatoms. The van der Waals surface area contributed by atoms with Crippen molar-refractivity contribution >= 4 is 53.1 Å². The first-order valence-corrected chi connectivity index (χ1v) is 8.36. The second kappa shape index (κ2) is 4.31. The summed E-state index contributed by atoms with van der Waals surface area (Å²) in [4.78, 5) is 0. The van der Waals surface area contributed by atoms with Crippen LogP contribution in [0.4, 0.5) is 0 Å². The smallest absolute Gasteiger partial charge is 0.0434 e. The van der Waals surface area contributed by atoms with Gasteiger partial charge >= 0.3 is 0 Å². The monoisotopic (exact) mass is 298 g/mol. The lowest BCUT2D eigenvalue weighted by Crippen LogP contribution is -1.76. The standard InChI is InChI=1S/C21H14S/c1-13-6-9-17-15(12-13)8-11-19-18-10-7-14-4-2-3-5-16(14)20(18)22-21(17)19/h2-12H,1H3. The van der Waals surface area contributed by atoms with E-state index in [0.717, 1.165) is 0 Å². The molecule has 0 saturated heterocycles. The van der Waals surface area contributed by atoms with Crippen molar-refractivity contribution in [3.8, 4) is 0 Å². The normalized spacial score (nSPS) is 11.9. The van der Waals surface area contributed by atoms with Gasteiger partial charge in [-0.25, -0.2) is 0 Å². The molecular formula is C21H14S. The molecule has 0 atom stereocenters. The van der Waals surface area contributed by atoms with Gasteiger partial charge in [-0.05, 0) is 28.5 Å². The van der Waals surface area contributed by atoms with Crippen LogP contribution >= 0.6 is 11.3 Å². The molecule has 0 amide bonds. The van der Waals surface area contributed by atoms with Gasteiger partial charge in [0.05, 0.1) is 0 Å². The topological polar surface area (TPSA) is 0 Å². The molecule has 0 N–H and O–H groups in total. The summed E-state index contributed by atoms with van der Waals surface area (Å²) in [5, 5.41) is 8.14. The van der Waals surface area contributed by atoms with Crippen LogP contribution < -0.4 is 0 Å². The van der Waals surface area contributed by atoms with E-state index in [9.17, 15) is 0 Å². The third-order valence-corrected chi connectivity index (χ3v) is 5.79. The fourth-order valence-electron chi connectivity index (χ4n) is 3.41. The van der Waals surface area contributed by atoms with Crippen LogP contribution in [0.2, 0.25) is 0 Å². The van der Waals surface area contributed by atoms with Crippen molar-refractivity contribution in [2.24, 2.45) is 0 Å². The average Bonchev–Trinajstić information content (AvgIpc) is 2.94. The lowest BCUT2D eigenvalue weighted by atomic mass is 10.0. The Morgan fingerprint density at radius 3 is 2.05 bits per heavy atom. The number of rotatable bonds is 0. The van der Waals surface area contributed by atoms with Crippen LogP contribution in [0.5, 0.6) is 0 Å². The molecule has 5 rings (SSSR count). The third kappa shape index (κ3) is 1.57. The van der Waals surface area contributed by atoms with Gasteiger partial charge in [-0.3, -0.25) is 0 Å². The largest absolute Gasteiger partial charge is 0.134 e. The molecule has 0 aliphatic heterocycles. The van der Waals surface area contributed by atoms with Gasteiger partial charge in [-0.1, -0.05) is 72.3 Å². The van der Waals surface area contributed by atoms with E-state index in [0.29, 0.717) is 0 Å². The van der Waals surface area contributed by atoms with Crippen molar-refractivity contribution < 1.29 is 0 Å². The maximum Gasteiger partial charge on any atom is 0.0434 e. The molecule has 0 nitrogen and oxygen atoms in total. The highest BCUT2D eigenvalue weighted by Crippen LogP contribution is 2.41. The number of fused-ring (bicyclic) bond motifs is 7. The first kappa shape index (κ1) is 12.2. The fraction of sp³-hybridized carbons (Fsp3) is 0.0476. The van der Waals surface area contributed by atoms with E-state index in [1.165, 1.54) is 47.3 Å². The Balaban J connectivity index is 2.05. The maximum atomic E-state index is 2.28. The summed E-state index contributed by atoms with van der Waals surface area (Å²) in [6.07, 6.45) is 0. The van der Waals surface area contributed by atoms with Gasteiger partial charge in [0.15, 0.2) is 0 Å². The summed E-state index contributed by atoms with van der Waals surface area (Å²) in [5.74, 6) is 0.